The van der Waals surface area contributed by atoms with Gasteiger partial charge in [0.25, 0.3) is 0 Å². The van der Waals surface area contributed by atoms with Crippen LogP contribution in [-0.2, 0) is 0 Å². The van der Waals surface area contributed by atoms with E-state index in [0.29, 0.717) is 0 Å². The maximum Gasteiger partial charge on any atom is 0.0731 e. The van der Waals surface area contributed by atoms with Crippen molar-refractivity contribution < 1.29 is 0 Å². The summed E-state index contributed by atoms with van der Waals surface area (Å²) in [5, 5.41) is 5.16. The van der Waals surface area contributed by atoms with Crippen molar-refractivity contribution in [2.75, 3.05) is 0 Å². The van der Waals surface area contributed by atoms with Crippen LogP contribution >= 0.6 is 0 Å². The Bertz CT molecular complexity index is 2390. The second kappa shape index (κ2) is 10.2. The lowest BCUT2D eigenvalue weighted by Crippen LogP contribution is -1.93. The molecule has 5 aromatic carbocycles. The van der Waals surface area contributed by atoms with E-state index in [2.05, 4.69) is 124 Å². The highest BCUT2D eigenvalue weighted by molar-refractivity contribution is 6.25. The Kier molecular flexibility index (Phi) is 5.78. The van der Waals surface area contributed by atoms with Crippen LogP contribution in [0.3, 0.4) is 0 Å². The summed E-state index contributed by atoms with van der Waals surface area (Å²) in [6.45, 7) is 0. The van der Waals surface area contributed by atoms with Gasteiger partial charge in [-0.1, -0.05) is 66.7 Å². The van der Waals surface area contributed by atoms with Gasteiger partial charge in [-0.25, -0.2) is 4.98 Å². The molecule has 0 amide bonds. The van der Waals surface area contributed by atoms with E-state index in [1.807, 2.05) is 36.7 Å². The lowest BCUT2D eigenvalue weighted by molar-refractivity contribution is 1.18. The van der Waals surface area contributed by atoms with Crippen molar-refractivity contribution >= 4 is 32.6 Å². The maximum absolute atomic E-state index is 4.98. The first-order valence-electron chi connectivity index (χ1n) is 15.1. The Morgan fingerprint density at radius 2 is 1.02 bits per heavy atom. The van der Waals surface area contributed by atoms with Crippen molar-refractivity contribution in [2.45, 2.75) is 0 Å². The van der Waals surface area contributed by atoms with Gasteiger partial charge in [0.05, 0.1) is 22.4 Å². The van der Waals surface area contributed by atoms with Crippen LogP contribution in [0.25, 0.3) is 83.0 Å². The van der Waals surface area contributed by atoms with Gasteiger partial charge in [0, 0.05) is 52.4 Å². The number of nitrogens with zero attached hydrogens (tertiary/aromatic N) is 4. The second-order valence-electron chi connectivity index (χ2n) is 11.4. The zero-order chi connectivity index (χ0) is 29.7. The minimum absolute atomic E-state index is 0.882. The van der Waals surface area contributed by atoms with E-state index < -0.39 is 0 Å². The maximum atomic E-state index is 4.98. The standard InChI is InChI=1S/C41H26N4/c1-2-10-35(11-3-1)45-38-12-4-7-29-17-18-30-21-33(24-39(45)41(30)40(29)38)27-13-15-28(16-14-27)34-22-36(31-8-5-19-42-25-31)44-37(23-34)32-9-6-20-43-26-32/h1-26H. The molecule has 0 atom stereocenters. The summed E-state index contributed by atoms with van der Waals surface area (Å²) in [5.74, 6) is 0. The van der Waals surface area contributed by atoms with Crippen LogP contribution in [0.15, 0.2) is 158 Å². The zero-order valence-corrected chi connectivity index (χ0v) is 24.3. The van der Waals surface area contributed by atoms with Gasteiger partial charge in [-0.15, -0.1) is 0 Å². The van der Waals surface area contributed by atoms with Crippen LogP contribution in [-0.4, -0.2) is 19.5 Å². The monoisotopic (exact) mass is 574 g/mol. The minimum atomic E-state index is 0.882. The molecule has 0 aliphatic carbocycles. The van der Waals surface area contributed by atoms with E-state index in [0.717, 1.165) is 33.6 Å². The number of rotatable bonds is 5. The van der Waals surface area contributed by atoms with E-state index in [1.165, 1.54) is 49.4 Å². The van der Waals surface area contributed by atoms with Gasteiger partial charge in [-0.2, -0.15) is 0 Å². The molecule has 0 spiro atoms. The zero-order valence-electron chi connectivity index (χ0n) is 24.3. The molecule has 9 rings (SSSR count). The van der Waals surface area contributed by atoms with Gasteiger partial charge in [-0.05, 0) is 99.8 Å². The lowest BCUT2D eigenvalue weighted by atomic mass is 9.95. The average Bonchev–Trinajstić information content (AvgIpc) is 3.47. The molecule has 0 N–H and O–H groups in total. The topological polar surface area (TPSA) is 43.6 Å². The van der Waals surface area contributed by atoms with Crippen LogP contribution < -0.4 is 0 Å². The highest BCUT2D eigenvalue weighted by atomic mass is 15.0. The highest BCUT2D eigenvalue weighted by Gasteiger charge is 2.18. The summed E-state index contributed by atoms with van der Waals surface area (Å²) in [6.07, 6.45) is 7.29. The van der Waals surface area contributed by atoms with E-state index >= 15 is 0 Å². The van der Waals surface area contributed by atoms with Crippen LogP contribution in [0, 0.1) is 0 Å². The Balaban J connectivity index is 1.18. The van der Waals surface area contributed by atoms with Crippen molar-refractivity contribution in [2.24, 2.45) is 0 Å². The second-order valence-corrected chi connectivity index (χ2v) is 11.4. The van der Waals surface area contributed by atoms with Crippen LogP contribution in [0.5, 0.6) is 0 Å². The van der Waals surface area contributed by atoms with Gasteiger partial charge in [0.1, 0.15) is 0 Å². The molecule has 0 fully saturated rings. The van der Waals surface area contributed by atoms with Gasteiger partial charge < -0.3 is 4.57 Å². The summed E-state index contributed by atoms with van der Waals surface area (Å²) >= 11 is 0. The fourth-order valence-corrected chi connectivity index (χ4v) is 6.59. The number of aromatic nitrogens is 4. The first kappa shape index (κ1) is 25.4. The number of benzene rings is 5. The first-order valence-corrected chi connectivity index (χ1v) is 15.1. The van der Waals surface area contributed by atoms with Crippen LogP contribution in [0.2, 0.25) is 0 Å². The quantitative estimate of drug-likeness (QED) is 0.192. The summed E-state index contributed by atoms with van der Waals surface area (Å²) in [4.78, 5) is 13.6. The minimum Gasteiger partial charge on any atom is -0.309 e. The van der Waals surface area contributed by atoms with E-state index in [-0.39, 0.29) is 0 Å². The smallest absolute Gasteiger partial charge is 0.0731 e. The van der Waals surface area contributed by atoms with Crippen LogP contribution in [0.1, 0.15) is 0 Å². The summed E-state index contributed by atoms with van der Waals surface area (Å²) in [5.41, 5.74) is 11.9. The highest BCUT2D eigenvalue weighted by Crippen LogP contribution is 2.41. The Morgan fingerprint density at radius 3 is 1.67 bits per heavy atom. The summed E-state index contributed by atoms with van der Waals surface area (Å²) in [7, 11) is 0. The van der Waals surface area contributed by atoms with Crippen molar-refractivity contribution in [3.8, 4) is 50.5 Å². The summed E-state index contributed by atoms with van der Waals surface area (Å²) in [6, 6.07) is 47.6. The molecule has 0 aliphatic rings. The van der Waals surface area contributed by atoms with Gasteiger partial charge in [-0.3, -0.25) is 9.97 Å². The van der Waals surface area contributed by atoms with Crippen molar-refractivity contribution in [3.05, 3.63) is 158 Å². The molecule has 0 bridgehead atoms. The van der Waals surface area contributed by atoms with Crippen LogP contribution in [0.4, 0.5) is 0 Å². The van der Waals surface area contributed by atoms with Gasteiger partial charge in [0.2, 0.25) is 0 Å². The fraction of sp³-hybridized carbons (Fsp3) is 0. The summed E-state index contributed by atoms with van der Waals surface area (Å²) < 4.78 is 2.40. The molecule has 4 nitrogen and oxygen atoms in total. The average molecular weight is 575 g/mol. The molecule has 0 saturated heterocycles. The fourth-order valence-electron chi connectivity index (χ4n) is 6.59. The molecule has 4 heteroatoms. The molecule has 0 radical (unpaired) electrons. The van der Waals surface area contributed by atoms with Crippen molar-refractivity contribution in [1.29, 1.82) is 0 Å². The molecule has 210 valence electrons. The molecule has 4 aromatic heterocycles. The Morgan fingerprint density at radius 1 is 0.400 bits per heavy atom. The number of para-hydroxylation sites is 1. The molecular weight excluding hydrogens is 548 g/mol. The third-order valence-electron chi connectivity index (χ3n) is 8.70. The number of pyridine rings is 3. The van der Waals surface area contributed by atoms with Gasteiger partial charge in [0.15, 0.2) is 0 Å². The predicted molar refractivity (Wildman–Crippen MR) is 185 cm³/mol. The molecule has 0 aliphatic heterocycles. The number of hydrogen-bond acceptors (Lipinski definition) is 3. The first-order chi connectivity index (χ1) is 22.3. The SMILES string of the molecule is c1ccc(-n2c3cccc4ccc5cc(-c6ccc(-c7cc(-c8cccnc8)nc(-c8cccnc8)c7)cc6)cc2c5c43)cc1. The largest absolute Gasteiger partial charge is 0.309 e. The van der Waals surface area contributed by atoms with E-state index in [9.17, 15) is 0 Å². The van der Waals surface area contributed by atoms with E-state index in [4.69, 9.17) is 4.98 Å². The predicted octanol–water partition coefficient (Wildman–Crippen LogP) is 10.2. The van der Waals surface area contributed by atoms with Gasteiger partial charge >= 0.3 is 0 Å². The third-order valence-corrected chi connectivity index (χ3v) is 8.70. The molecule has 0 saturated carbocycles. The molecular formula is C41H26N4. The third kappa shape index (κ3) is 4.27. The normalized spacial score (nSPS) is 11.6. The Hall–Kier alpha value is -6.13. The lowest BCUT2D eigenvalue weighted by Gasteiger charge is -2.12. The molecule has 45 heavy (non-hydrogen) atoms. The van der Waals surface area contributed by atoms with Crippen molar-refractivity contribution in [1.82, 2.24) is 19.5 Å². The molecule has 0 unspecified atom stereocenters. The molecule has 9 aromatic rings. The Labute approximate surface area is 260 Å². The number of hydrogen-bond donors (Lipinski definition) is 0. The van der Waals surface area contributed by atoms with Crippen molar-refractivity contribution in [3.63, 3.8) is 0 Å². The van der Waals surface area contributed by atoms with E-state index in [1.54, 1.807) is 12.4 Å². The molecule has 4 heterocycles.